The molecule has 0 unspecified atom stereocenters. The van der Waals surface area contributed by atoms with Gasteiger partial charge in [0.1, 0.15) is 28.5 Å². The van der Waals surface area contributed by atoms with Crippen LogP contribution >= 0.6 is 11.3 Å². The molecule has 0 aliphatic rings. The molecule has 3 aromatic heterocycles. The number of benzene rings is 1. The maximum absolute atomic E-state index is 12.6. The molecule has 0 spiro atoms. The molecule has 0 aliphatic carbocycles. The molecular weight excluding hydrogens is 362 g/mol. The average Bonchev–Trinajstić information content (AvgIpc) is 3.14. The number of hydrogen-bond donors (Lipinski definition) is 2. The second kappa shape index (κ2) is 6.62. The van der Waals surface area contributed by atoms with Crippen LogP contribution in [0, 0.1) is 20.8 Å². The zero-order valence-electron chi connectivity index (χ0n) is 15.5. The average molecular weight is 381 g/mol. The van der Waals surface area contributed by atoms with Crippen LogP contribution in [0.3, 0.4) is 0 Å². The molecule has 1 amide bonds. The molecule has 138 valence electrons. The van der Waals surface area contributed by atoms with Crippen molar-refractivity contribution < 1.29 is 9.21 Å². The van der Waals surface area contributed by atoms with Crippen molar-refractivity contribution >= 4 is 50.1 Å². The van der Waals surface area contributed by atoms with E-state index in [4.69, 9.17) is 4.42 Å². The maximum atomic E-state index is 12.6. The summed E-state index contributed by atoms with van der Waals surface area (Å²) in [6.45, 7) is 7.70. The second-order valence-electron chi connectivity index (χ2n) is 6.46. The van der Waals surface area contributed by atoms with Gasteiger partial charge < -0.3 is 15.1 Å². The molecule has 3 heterocycles. The van der Waals surface area contributed by atoms with Gasteiger partial charge in [-0.1, -0.05) is 0 Å². The van der Waals surface area contributed by atoms with Crippen LogP contribution in [-0.2, 0) is 4.79 Å². The van der Waals surface area contributed by atoms with Gasteiger partial charge in [-0.15, -0.1) is 11.3 Å². The Labute approximate surface area is 159 Å². The topological polar surface area (TPSA) is 92.9 Å². The lowest BCUT2D eigenvalue weighted by atomic mass is 10.2. The third-order valence-corrected chi connectivity index (χ3v) is 5.59. The highest BCUT2D eigenvalue weighted by Gasteiger charge is 2.18. The molecule has 0 radical (unpaired) electrons. The first kappa shape index (κ1) is 17.4. The fourth-order valence-corrected chi connectivity index (χ4v) is 3.93. The molecule has 1 atom stereocenters. The predicted octanol–water partition coefficient (Wildman–Crippen LogP) is 4.20. The highest BCUT2D eigenvalue weighted by molar-refractivity contribution is 7.18. The van der Waals surface area contributed by atoms with Gasteiger partial charge in [-0.2, -0.15) is 0 Å². The highest BCUT2D eigenvalue weighted by atomic mass is 32.1. The third kappa shape index (κ3) is 3.23. The molecule has 0 saturated carbocycles. The van der Waals surface area contributed by atoms with Crippen molar-refractivity contribution in [1.82, 2.24) is 15.0 Å². The molecule has 27 heavy (non-hydrogen) atoms. The zero-order chi connectivity index (χ0) is 19.1. The Morgan fingerprint density at radius 3 is 2.85 bits per heavy atom. The summed E-state index contributed by atoms with van der Waals surface area (Å²) < 4.78 is 5.46. The number of oxazole rings is 1. The molecule has 4 aromatic rings. The minimum Gasteiger partial charge on any atom is -0.441 e. The second-order valence-corrected chi connectivity index (χ2v) is 7.66. The van der Waals surface area contributed by atoms with E-state index < -0.39 is 6.04 Å². The lowest BCUT2D eigenvalue weighted by Gasteiger charge is -2.15. The third-order valence-electron chi connectivity index (χ3n) is 4.47. The molecule has 1 aromatic carbocycles. The van der Waals surface area contributed by atoms with Crippen molar-refractivity contribution in [3.63, 3.8) is 0 Å². The summed E-state index contributed by atoms with van der Waals surface area (Å²) in [7, 11) is 0. The van der Waals surface area contributed by atoms with Gasteiger partial charge in [0.25, 0.3) is 0 Å². The Hall–Kier alpha value is -3.00. The van der Waals surface area contributed by atoms with Gasteiger partial charge in [0.05, 0.1) is 5.39 Å². The number of amides is 1. The van der Waals surface area contributed by atoms with Gasteiger partial charge in [-0.25, -0.2) is 15.0 Å². The predicted molar refractivity (Wildman–Crippen MR) is 107 cm³/mol. The van der Waals surface area contributed by atoms with E-state index in [1.807, 2.05) is 6.92 Å². The van der Waals surface area contributed by atoms with E-state index in [0.717, 1.165) is 15.8 Å². The number of aromatic nitrogens is 3. The van der Waals surface area contributed by atoms with Crippen molar-refractivity contribution in [2.45, 2.75) is 33.7 Å². The lowest BCUT2D eigenvalue weighted by molar-refractivity contribution is -0.116. The Kier molecular flexibility index (Phi) is 4.27. The number of fused-ring (bicyclic) bond motifs is 2. The molecular formula is C19H19N5O2S. The number of hydrogen-bond acceptors (Lipinski definition) is 7. The lowest BCUT2D eigenvalue weighted by Crippen LogP contribution is -2.32. The molecule has 7 nitrogen and oxygen atoms in total. The number of thiophene rings is 1. The number of carbonyl (C=O) groups is 1. The Bertz CT molecular complexity index is 1160. The van der Waals surface area contributed by atoms with Gasteiger partial charge in [0, 0.05) is 17.5 Å². The van der Waals surface area contributed by atoms with Crippen molar-refractivity contribution in [1.29, 1.82) is 0 Å². The molecule has 0 saturated heterocycles. The van der Waals surface area contributed by atoms with Gasteiger partial charge in [0.2, 0.25) is 5.91 Å². The fourth-order valence-electron chi connectivity index (χ4n) is 2.93. The first-order valence-electron chi connectivity index (χ1n) is 8.57. The number of nitrogens with one attached hydrogen (secondary N) is 2. The van der Waals surface area contributed by atoms with E-state index in [2.05, 4.69) is 32.5 Å². The van der Waals surface area contributed by atoms with Crippen LogP contribution in [-0.4, -0.2) is 26.9 Å². The van der Waals surface area contributed by atoms with Crippen LogP contribution in [0.1, 0.15) is 23.3 Å². The zero-order valence-corrected chi connectivity index (χ0v) is 16.3. The Balaban J connectivity index is 1.54. The first-order valence-corrected chi connectivity index (χ1v) is 9.39. The van der Waals surface area contributed by atoms with Crippen LogP contribution < -0.4 is 10.6 Å². The Morgan fingerprint density at radius 2 is 2.04 bits per heavy atom. The summed E-state index contributed by atoms with van der Waals surface area (Å²) in [6.07, 6.45) is 1.52. The molecule has 2 N–H and O–H groups in total. The number of carbonyl (C=O) groups excluding carboxylic acids is 1. The largest absolute Gasteiger partial charge is 0.441 e. The summed E-state index contributed by atoms with van der Waals surface area (Å²) in [5, 5.41) is 7.09. The van der Waals surface area contributed by atoms with E-state index in [9.17, 15) is 4.79 Å². The van der Waals surface area contributed by atoms with Gasteiger partial charge in [-0.05, 0) is 44.5 Å². The van der Waals surface area contributed by atoms with Crippen molar-refractivity contribution in [2.75, 3.05) is 10.6 Å². The van der Waals surface area contributed by atoms with E-state index in [1.165, 1.54) is 11.2 Å². The number of anilines is 2. The summed E-state index contributed by atoms with van der Waals surface area (Å²) in [5.74, 6) is 1.11. The summed E-state index contributed by atoms with van der Waals surface area (Å²) >= 11 is 1.63. The van der Waals surface area contributed by atoms with Crippen LogP contribution in [0.15, 0.2) is 28.9 Å². The number of nitrogens with zero attached hydrogens (tertiary/aromatic N) is 3. The van der Waals surface area contributed by atoms with E-state index in [0.29, 0.717) is 28.5 Å². The Morgan fingerprint density at radius 1 is 1.22 bits per heavy atom. The van der Waals surface area contributed by atoms with Crippen molar-refractivity contribution in [2.24, 2.45) is 0 Å². The molecule has 4 rings (SSSR count). The SMILES string of the molecule is Cc1nc2cc(NC(=O)[C@H](C)Nc3ncnc4sc(C)c(C)c34)ccc2o1. The number of aryl methyl sites for hydroxylation is 3. The van der Waals surface area contributed by atoms with E-state index in [-0.39, 0.29) is 5.91 Å². The monoisotopic (exact) mass is 381 g/mol. The molecule has 8 heteroatoms. The summed E-state index contributed by atoms with van der Waals surface area (Å²) in [4.78, 5) is 27.7. The standard InChI is InChI=1S/C19H19N5O2S/c1-9-11(3)27-19-16(9)17(20-8-21-19)22-10(2)18(25)24-13-5-6-15-14(7-13)23-12(4)26-15/h5-8,10H,1-4H3,(H,24,25)(H,20,21,22)/t10-/m0/s1. The molecule has 0 fully saturated rings. The molecule has 0 aliphatic heterocycles. The van der Waals surface area contributed by atoms with Crippen molar-refractivity contribution in [3.8, 4) is 0 Å². The highest BCUT2D eigenvalue weighted by Crippen LogP contribution is 2.32. The van der Waals surface area contributed by atoms with Crippen LogP contribution in [0.25, 0.3) is 21.3 Å². The summed E-state index contributed by atoms with van der Waals surface area (Å²) in [5.41, 5.74) is 3.22. The van der Waals surface area contributed by atoms with Gasteiger partial charge >= 0.3 is 0 Å². The first-order chi connectivity index (χ1) is 12.9. The maximum Gasteiger partial charge on any atom is 0.246 e. The smallest absolute Gasteiger partial charge is 0.246 e. The van der Waals surface area contributed by atoms with E-state index in [1.54, 1.807) is 43.4 Å². The van der Waals surface area contributed by atoms with E-state index >= 15 is 0 Å². The fraction of sp³-hybridized carbons (Fsp3) is 0.263. The number of rotatable bonds is 4. The molecule has 0 bridgehead atoms. The quantitative estimate of drug-likeness (QED) is 0.550. The summed E-state index contributed by atoms with van der Waals surface area (Å²) in [6, 6.07) is 4.92. The minimum absolute atomic E-state index is 0.161. The van der Waals surface area contributed by atoms with Crippen LogP contribution in [0.2, 0.25) is 0 Å². The van der Waals surface area contributed by atoms with Crippen molar-refractivity contribution in [3.05, 3.63) is 40.9 Å². The van der Waals surface area contributed by atoms with Crippen LogP contribution in [0.5, 0.6) is 0 Å². The van der Waals surface area contributed by atoms with Crippen LogP contribution in [0.4, 0.5) is 11.5 Å². The minimum atomic E-state index is -0.475. The van der Waals surface area contributed by atoms with Gasteiger partial charge in [-0.3, -0.25) is 4.79 Å². The normalized spacial score (nSPS) is 12.4. The van der Waals surface area contributed by atoms with Gasteiger partial charge in [0.15, 0.2) is 11.5 Å².